The van der Waals surface area contributed by atoms with Crippen LogP contribution in [0.25, 0.3) is 0 Å². The summed E-state index contributed by atoms with van der Waals surface area (Å²) in [5.74, 6) is -2.29. The van der Waals surface area contributed by atoms with E-state index >= 15 is 0 Å². The molecule has 0 radical (unpaired) electrons. The number of nitrogens with zero attached hydrogens (tertiary/aromatic N) is 1. The summed E-state index contributed by atoms with van der Waals surface area (Å²) in [6, 6.07) is 21.2. The van der Waals surface area contributed by atoms with Crippen LogP contribution in [0.1, 0.15) is 30.4 Å². The van der Waals surface area contributed by atoms with E-state index < -0.39 is 11.9 Å². The maximum atomic E-state index is 9.55. The van der Waals surface area contributed by atoms with E-state index in [9.17, 15) is 19.8 Å². The first-order valence-electron chi connectivity index (χ1n) is 10.1. The van der Waals surface area contributed by atoms with Gasteiger partial charge < -0.3 is 20.4 Å². The predicted molar refractivity (Wildman–Crippen MR) is 119 cm³/mol. The van der Waals surface area contributed by atoms with E-state index in [4.69, 9.17) is 10.2 Å². The highest BCUT2D eigenvalue weighted by molar-refractivity contribution is 5.89. The third-order valence-electron chi connectivity index (χ3n) is 4.73. The van der Waals surface area contributed by atoms with E-state index in [1.807, 2.05) is 12.1 Å². The summed E-state index contributed by atoms with van der Waals surface area (Å²) in [6.45, 7) is 3.54. The van der Waals surface area contributed by atoms with Gasteiger partial charge in [-0.1, -0.05) is 67.6 Å². The van der Waals surface area contributed by atoms with Crippen molar-refractivity contribution < 1.29 is 30.0 Å². The summed E-state index contributed by atoms with van der Waals surface area (Å²) >= 11 is 0. The van der Waals surface area contributed by atoms with Crippen molar-refractivity contribution >= 4 is 11.9 Å². The van der Waals surface area contributed by atoms with Crippen molar-refractivity contribution in [1.29, 1.82) is 0 Å². The van der Waals surface area contributed by atoms with Crippen molar-refractivity contribution in [3.05, 3.63) is 83.9 Å². The summed E-state index contributed by atoms with van der Waals surface area (Å²) in [5, 5.41) is 34.4. The zero-order valence-corrected chi connectivity index (χ0v) is 17.7. The molecule has 0 fully saturated rings. The van der Waals surface area contributed by atoms with Crippen LogP contribution in [-0.4, -0.2) is 69.6 Å². The Bertz CT molecular complexity index is 733. The molecule has 7 nitrogen and oxygen atoms in total. The Labute approximate surface area is 182 Å². The number of benzene rings is 2. The SMILES string of the molecule is CCC(C(c1ccccc1)c1ccccc1)N(CCO)CCO.O=C(O)/C=C/C(=O)O. The number of hydrogen-bond donors (Lipinski definition) is 4. The molecule has 0 aliphatic carbocycles. The monoisotopic (exact) mass is 429 g/mol. The molecule has 2 aromatic rings. The summed E-state index contributed by atoms with van der Waals surface area (Å²) in [6.07, 6.45) is 2.07. The molecular weight excluding hydrogens is 398 g/mol. The standard InChI is InChI=1S/C20H27NO2.C4H4O4/c1-2-19(21(13-15-22)14-16-23)20(17-9-5-3-6-10-17)18-11-7-4-8-12-18;5-3(6)1-2-4(7)8/h3-12,19-20,22-23H,2,13-16H2,1H3;1-2H,(H,5,6)(H,7,8)/b;2-1+. The van der Waals surface area contributed by atoms with Crippen LogP contribution in [-0.2, 0) is 9.59 Å². The molecule has 0 bridgehead atoms. The lowest BCUT2D eigenvalue weighted by atomic mass is 9.83. The van der Waals surface area contributed by atoms with E-state index in [2.05, 4.69) is 60.4 Å². The smallest absolute Gasteiger partial charge is 0.328 e. The molecule has 0 aliphatic heterocycles. The molecule has 0 heterocycles. The maximum absolute atomic E-state index is 9.55. The van der Waals surface area contributed by atoms with Gasteiger partial charge in [-0.15, -0.1) is 0 Å². The number of aliphatic hydroxyl groups is 2. The summed E-state index contributed by atoms with van der Waals surface area (Å²) in [4.78, 5) is 21.3. The number of aliphatic hydroxyl groups excluding tert-OH is 2. The van der Waals surface area contributed by atoms with Gasteiger partial charge in [0.15, 0.2) is 0 Å². The number of rotatable bonds is 11. The minimum atomic E-state index is -1.26. The molecule has 0 aliphatic rings. The van der Waals surface area contributed by atoms with Gasteiger partial charge in [0.05, 0.1) is 13.2 Å². The lowest BCUT2D eigenvalue weighted by molar-refractivity contribution is -0.134. The Hall–Kier alpha value is -3.00. The number of carboxylic acids is 2. The zero-order chi connectivity index (χ0) is 23.1. The number of hydrogen-bond acceptors (Lipinski definition) is 5. The molecule has 1 atom stereocenters. The Morgan fingerprint density at radius 2 is 1.19 bits per heavy atom. The van der Waals surface area contributed by atoms with E-state index in [0.29, 0.717) is 25.2 Å². The molecule has 0 aromatic heterocycles. The van der Waals surface area contributed by atoms with E-state index in [1.54, 1.807) is 0 Å². The largest absolute Gasteiger partial charge is 0.478 e. The Kier molecular flexibility index (Phi) is 12.5. The third-order valence-corrected chi connectivity index (χ3v) is 4.73. The van der Waals surface area contributed by atoms with Gasteiger partial charge in [0.2, 0.25) is 0 Å². The van der Waals surface area contributed by atoms with Crippen LogP contribution in [0.5, 0.6) is 0 Å². The van der Waals surface area contributed by atoms with Gasteiger partial charge >= 0.3 is 11.9 Å². The Morgan fingerprint density at radius 1 is 0.806 bits per heavy atom. The van der Waals surface area contributed by atoms with Crippen LogP contribution < -0.4 is 0 Å². The van der Waals surface area contributed by atoms with Crippen molar-refractivity contribution in [1.82, 2.24) is 4.90 Å². The number of carboxylic acid groups (broad SMARTS) is 2. The van der Waals surface area contributed by atoms with Crippen molar-refractivity contribution in [2.45, 2.75) is 25.3 Å². The quantitative estimate of drug-likeness (QED) is 0.406. The van der Waals surface area contributed by atoms with Gasteiger partial charge in [0.1, 0.15) is 0 Å². The molecule has 0 amide bonds. The van der Waals surface area contributed by atoms with Gasteiger partial charge in [-0.3, -0.25) is 4.90 Å². The van der Waals surface area contributed by atoms with Gasteiger partial charge in [-0.2, -0.15) is 0 Å². The molecule has 0 saturated carbocycles. The van der Waals surface area contributed by atoms with Crippen molar-refractivity contribution in [3.63, 3.8) is 0 Å². The zero-order valence-electron chi connectivity index (χ0n) is 17.7. The predicted octanol–water partition coefficient (Wildman–Crippen LogP) is 2.60. The highest BCUT2D eigenvalue weighted by Gasteiger charge is 2.28. The van der Waals surface area contributed by atoms with Crippen molar-refractivity contribution in [3.8, 4) is 0 Å². The normalized spacial score (nSPS) is 11.9. The highest BCUT2D eigenvalue weighted by Crippen LogP contribution is 2.32. The highest BCUT2D eigenvalue weighted by atomic mass is 16.4. The fourth-order valence-electron chi connectivity index (χ4n) is 3.51. The molecule has 0 saturated heterocycles. The van der Waals surface area contributed by atoms with Crippen molar-refractivity contribution in [2.24, 2.45) is 0 Å². The van der Waals surface area contributed by atoms with Crippen molar-refractivity contribution in [2.75, 3.05) is 26.3 Å². The number of carbonyl (C=O) groups is 2. The molecule has 1 unspecified atom stereocenters. The second-order valence-electron chi connectivity index (χ2n) is 6.77. The average molecular weight is 430 g/mol. The molecule has 2 rings (SSSR count). The average Bonchev–Trinajstić information content (AvgIpc) is 2.77. The summed E-state index contributed by atoms with van der Waals surface area (Å²) in [7, 11) is 0. The maximum Gasteiger partial charge on any atom is 0.328 e. The second-order valence-corrected chi connectivity index (χ2v) is 6.77. The first kappa shape index (κ1) is 26.0. The summed E-state index contributed by atoms with van der Waals surface area (Å²) < 4.78 is 0. The molecular formula is C24H31NO6. The minimum Gasteiger partial charge on any atom is -0.478 e. The molecule has 4 N–H and O–H groups in total. The van der Waals surface area contributed by atoms with Gasteiger partial charge in [0, 0.05) is 37.2 Å². The van der Waals surface area contributed by atoms with E-state index in [1.165, 1.54) is 11.1 Å². The topological polar surface area (TPSA) is 118 Å². The molecule has 7 heteroatoms. The van der Waals surface area contributed by atoms with Crippen LogP contribution in [0.4, 0.5) is 0 Å². The van der Waals surface area contributed by atoms with Crippen LogP contribution in [0.3, 0.4) is 0 Å². The summed E-state index contributed by atoms with van der Waals surface area (Å²) in [5.41, 5.74) is 2.54. The Morgan fingerprint density at radius 3 is 1.48 bits per heavy atom. The fourth-order valence-corrected chi connectivity index (χ4v) is 3.51. The molecule has 2 aromatic carbocycles. The number of aliphatic carboxylic acids is 2. The van der Waals surface area contributed by atoms with Gasteiger partial charge in [-0.05, 0) is 17.5 Å². The first-order chi connectivity index (χ1) is 14.9. The fraction of sp³-hybridized carbons (Fsp3) is 0.333. The molecule has 0 spiro atoms. The van der Waals surface area contributed by atoms with E-state index in [-0.39, 0.29) is 25.2 Å². The van der Waals surface area contributed by atoms with E-state index in [0.717, 1.165) is 6.42 Å². The third kappa shape index (κ3) is 9.57. The minimum absolute atomic E-state index is 0.104. The lowest BCUT2D eigenvalue weighted by Gasteiger charge is -2.36. The van der Waals surface area contributed by atoms with Gasteiger partial charge in [0.25, 0.3) is 0 Å². The lowest BCUT2D eigenvalue weighted by Crippen LogP contribution is -2.43. The first-order valence-corrected chi connectivity index (χ1v) is 10.1. The van der Waals surface area contributed by atoms with Crippen LogP contribution in [0.2, 0.25) is 0 Å². The van der Waals surface area contributed by atoms with Crippen LogP contribution in [0.15, 0.2) is 72.8 Å². The second kappa shape index (κ2) is 14.9. The van der Waals surface area contributed by atoms with Gasteiger partial charge in [-0.25, -0.2) is 9.59 Å². The Balaban J connectivity index is 0.000000512. The molecule has 31 heavy (non-hydrogen) atoms. The van der Waals surface area contributed by atoms with Crippen LogP contribution in [0, 0.1) is 0 Å². The molecule has 168 valence electrons. The van der Waals surface area contributed by atoms with Crippen LogP contribution >= 0.6 is 0 Å².